The number of hydrogen-bond acceptors (Lipinski definition) is 1. The number of fused-ring (bicyclic) bond motifs is 2. The van der Waals surface area contributed by atoms with Crippen molar-refractivity contribution in [1.29, 1.82) is 0 Å². The molecule has 0 saturated carbocycles. The number of hydrogen-bond donors (Lipinski definition) is 0. The Morgan fingerprint density at radius 2 is 1.69 bits per heavy atom. The second kappa shape index (κ2) is 6.35. The fourth-order valence-corrected chi connectivity index (χ4v) is 5.01. The minimum absolute atomic E-state index is 0.334. The summed E-state index contributed by atoms with van der Waals surface area (Å²) in [5.41, 5.74) is 8.02. The SMILES string of the molecule is C=C(c1c(C)n(CC)c2ccccc12)C1c2ccccc2N(CC)C1C. The molecule has 134 valence electrons. The molecule has 1 aromatic heterocycles. The van der Waals surface area contributed by atoms with E-state index in [2.05, 4.69) is 92.3 Å². The lowest BCUT2D eigenvalue weighted by Gasteiger charge is -2.27. The molecule has 0 fully saturated rings. The first kappa shape index (κ1) is 17.0. The number of aromatic nitrogens is 1. The molecule has 0 bridgehead atoms. The summed E-state index contributed by atoms with van der Waals surface area (Å²) >= 11 is 0. The molecule has 0 saturated heterocycles. The van der Waals surface area contributed by atoms with E-state index in [0.29, 0.717) is 12.0 Å². The number of likely N-dealkylation sites (N-methyl/N-ethyl adjacent to an activating group) is 1. The maximum Gasteiger partial charge on any atom is 0.0488 e. The number of nitrogens with zero attached hydrogens (tertiary/aromatic N) is 2. The van der Waals surface area contributed by atoms with Gasteiger partial charge in [-0.05, 0) is 51.0 Å². The molecule has 2 heterocycles. The van der Waals surface area contributed by atoms with Crippen LogP contribution < -0.4 is 4.90 Å². The largest absolute Gasteiger partial charge is 0.368 e. The van der Waals surface area contributed by atoms with Crippen LogP contribution in [0.1, 0.15) is 43.5 Å². The van der Waals surface area contributed by atoms with Crippen LogP contribution in [0.25, 0.3) is 16.5 Å². The predicted molar refractivity (Wildman–Crippen MR) is 113 cm³/mol. The van der Waals surface area contributed by atoms with Gasteiger partial charge in [0, 0.05) is 52.9 Å². The smallest absolute Gasteiger partial charge is 0.0488 e. The second-order valence-corrected chi connectivity index (χ2v) is 7.31. The molecule has 1 aliphatic heterocycles. The molecule has 2 atom stereocenters. The molecule has 26 heavy (non-hydrogen) atoms. The van der Waals surface area contributed by atoms with E-state index in [1.165, 1.54) is 39.0 Å². The minimum Gasteiger partial charge on any atom is -0.368 e. The van der Waals surface area contributed by atoms with Gasteiger partial charge >= 0.3 is 0 Å². The zero-order valence-corrected chi connectivity index (χ0v) is 16.3. The quantitative estimate of drug-likeness (QED) is 0.564. The van der Waals surface area contributed by atoms with Crippen LogP contribution in [-0.4, -0.2) is 17.2 Å². The van der Waals surface area contributed by atoms with E-state index in [1.807, 2.05) is 0 Å². The topological polar surface area (TPSA) is 8.17 Å². The summed E-state index contributed by atoms with van der Waals surface area (Å²) in [6, 6.07) is 18.0. The van der Waals surface area contributed by atoms with Crippen molar-refractivity contribution in [3.05, 3.63) is 71.9 Å². The fourth-order valence-electron chi connectivity index (χ4n) is 5.01. The summed E-state index contributed by atoms with van der Waals surface area (Å²) in [7, 11) is 0. The average molecular weight is 345 g/mol. The van der Waals surface area contributed by atoms with Crippen LogP contribution in [0.5, 0.6) is 0 Å². The minimum atomic E-state index is 0.334. The van der Waals surface area contributed by atoms with Crippen molar-refractivity contribution in [2.24, 2.45) is 0 Å². The number of aryl methyl sites for hydroxylation is 1. The van der Waals surface area contributed by atoms with Crippen molar-refractivity contribution in [3.8, 4) is 0 Å². The lowest BCUT2D eigenvalue weighted by Crippen LogP contribution is -2.31. The van der Waals surface area contributed by atoms with Gasteiger partial charge in [-0.25, -0.2) is 0 Å². The number of anilines is 1. The Kier molecular flexibility index (Phi) is 4.14. The highest BCUT2D eigenvalue weighted by molar-refractivity contribution is 5.96. The highest BCUT2D eigenvalue weighted by atomic mass is 15.2. The van der Waals surface area contributed by atoms with Crippen LogP contribution >= 0.6 is 0 Å². The first-order valence-corrected chi connectivity index (χ1v) is 9.72. The Balaban J connectivity index is 1.90. The molecule has 2 heteroatoms. The number of para-hydroxylation sites is 2. The van der Waals surface area contributed by atoms with Gasteiger partial charge in [-0.1, -0.05) is 43.0 Å². The zero-order valence-electron chi connectivity index (χ0n) is 16.3. The lowest BCUT2D eigenvalue weighted by atomic mass is 9.84. The molecule has 0 radical (unpaired) electrons. The van der Waals surface area contributed by atoms with E-state index in [9.17, 15) is 0 Å². The highest BCUT2D eigenvalue weighted by Gasteiger charge is 2.37. The van der Waals surface area contributed by atoms with E-state index in [1.54, 1.807) is 0 Å². The predicted octanol–water partition coefficient (Wildman–Crippen LogP) is 6.00. The monoisotopic (exact) mass is 344 g/mol. The standard InChI is InChI=1S/C24H28N2/c1-6-25-17(4)23(19-12-8-10-14-21(19)25)16(3)24-18(5)26(7-2)22-15-11-9-13-20(22)24/h8-15,17,23H,3,6-7H2,1-2,4-5H3. The maximum absolute atomic E-state index is 4.64. The van der Waals surface area contributed by atoms with Gasteiger partial charge in [0.05, 0.1) is 0 Å². The molecular weight excluding hydrogens is 316 g/mol. The third kappa shape index (κ3) is 2.25. The Morgan fingerprint density at radius 3 is 2.42 bits per heavy atom. The van der Waals surface area contributed by atoms with Crippen LogP contribution in [0.4, 0.5) is 5.69 Å². The molecular formula is C24H28N2. The van der Waals surface area contributed by atoms with E-state index in [0.717, 1.165) is 13.1 Å². The van der Waals surface area contributed by atoms with Gasteiger partial charge in [0.2, 0.25) is 0 Å². The van der Waals surface area contributed by atoms with Gasteiger partial charge < -0.3 is 9.47 Å². The summed E-state index contributed by atoms with van der Waals surface area (Å²) in [6.45, 7) is 15.7. The Labute approximate surface area is 156 Å². The van der Waals surface area contributed by atoms with Gasteiger partial charge in [-0.2, -0.15) is 0 Å². The molecule has 4 rings (SSSR count). The molecule has 3 aromatic rings. The summed E-state index contributed by atoms with van der Waals surface area (Å²) in [6.07, 6.45) is 0. The molecule has 0 N–H and O–H groups in total. The Morgan fingerprint density at radius 1 is 1.00 bits per heavy atom. The van der Waals surface area contributed by atoms with E-state index < -0.39 is 0 Å². The van der Waals surface area contributed by atoms with Crippen molar-refractivity contribution in [2.45, 2.75) is 46.2 Å². The highest BCUT2D eigenvalue weighted by Crippen LogP contribution is 2.48. The van der Waals surface area contributed by atoms with Crippen LogP contribution in [0.2, 0.25) is 0 Å². The van der Waals surface area contributed by atoms with Crippen molar-refractivity contribution in [2.75, 3.05) is 11.4 Å². The second-order valence-electron chi connectivity index (χ2n) is 7.31. The third-order valence-electron chi connectivity index (χ3n) is 6.14. The average Bonchev–Trinajstić information content (AvgIpc) is 3.10. The number of rotatable bonds is 4. The fraction of sp³-hybridized carbons (Fsp3) is 0.333. The van der Waals surface area contributed by atoms with Crippen molar-refractivity contribution in [1.82, 2.24) is 4.57 Å². The van der Waals surface area contributed by atoms with Gasteiger partial charge in [0.1, 0.15) is 0 Å². The van der Waals surface area contributed by atoms with Gasteiger partial charge in [-0.15, -0.1) is 0 Å². The molecule has 0 spiro atoms. The van der Waals surface area contributed by atoms with Crippen molar-refractivity contribution in [3.63, 3.8) is 0 Å². The summed E-state index contributed by atoms with van der Waals surface area (Å²) in [5, 5.41) is 1.33. The van der Waals surface area contributed by atoms with Gasteiger partial charge in [0.15, 0.2) is 0 Å². The van der Waals surface area contributed by atoms with Crippen LogP contribution in [0.15, 0.2) is 55.1 Å². The Hall–Kier alpha value is -2.48. The molecule has 0 amide bonds. The first-order chi connectivity index (χ1) is 12.6. The lowest BCUT2D eigenvalue weighted by molar-refractivity contribution is 0.649. The Bertz CT molecular complexity index is 979. The van der Waals surface area contributed by atoms with E-state index in [-0.39, 0.29) is 0 Å². The third-order valence-corrected chi connectivity index (χ3v) is 6.14. The molecule has 0 aliphatic carbocycles. The van der Waals surface area contributed by atoms with Crippen LogP contribution in [-0.2, 0) is 6.54 Å². The summed E-state index contributed by atoms with van der Waals surface area (Å²) in [4.78, 5) is 2.51. The molecule has 2 unspecified atom stereocenters. The van der Waals surface area contributed by atoms with Gasteiger partial charge in [0.25, 0.3) is 0 Å². The normalized spacial score (nSPS) is 19.2. The number of benzene rings is 2. The van der Waals surface area contributed by atoms with Crippen molar-refractivity contribution < 1.29 is 0 Å². The maximum atomic E-state index is 4.64. The van der Waals surface area contributed by atoms with E-state index >= 15 is 0 Å². The van der Waals surface area contributed by atoms with Crippen LogP contribution in [0, 0.1) is 6.92 Å². The zero-order chi connectivity index (χ0) is 18.4. The van der Waals surface area contributed by atoms with E-state index in [4.69, 9.17) is 0 Å². The molecule has 2 aromatic carbocycles. The summed E-state index contributed by atoms with van der Waals surface area (Å²) < 4.78 is 2.42. The van der Waals surface area contributed by atoms with Gasteiger partial charge in [-0.3, -0.25) is 0 Å². The summed E-state index contributed by atoms with van der Waals surface area (Å²) in [5.74, 6) is 0.334. The first-order valence-electron chi connectivity index (χ1n) is 9.72. The molecule has 1 aliphatic rings. The van der Waals surface area contributed by atoms with Crippen molar-refractivity contribution >= 4 is 22.2 Å². The molecule has 2 nitrogen and oxygen atoms in total. The van der Waals surface area contributed by atoms with Crippen LogP contribution in [0.3, 0.4) is 0 Å².